The third kappa shape index (κ3) is 4.89. The van der Waals surface area contributed by atoms with Crippen molar-refractivity contribution in [1.29, 1.82) is 0 Å². The van der Waals surface area contributed by atoms with Crippen LogP contribution in [0.4, 0.5) is 13.2 Å². The molecule has 27 heavy (non-hydrogen) atoms. The number of halogens is 4. The molecule has 1 unspecified atom stereocenters. The summed E-state index contributed by atoms with van der Waals surface area (Å²) < 4.78 is 40.9. The number of imidazole rings is 1. The van der Waals surface area contributed by atoms with Gasteiger partial charge in [0.15, 0.2) is 0 Å². The summed E-state index contributed by atoms with van der Waals surface area (Å²) in [6.07, 6.45) is 0.310. The molecule has 2 aromatic carbocycles. The molecule has 0 aliphatic rings. The van der Waals surface area contributed by atoms with Gasteiger partial charge < -0.3 is 9.88 Å². The number of amides is 1. The maximum Gasteiger partial charge on any atom is 0.416 e. The normalized spacial score (nSPS) is 12.6. The van der Waals surface area contributed by atoms with Crippen LogP contribution < -0.4 is 5.32 Å². The number of rotatable bonds is 5. The maximum absolute atomic E-state index is 13.1. The highest BCUT2D eigenvalue weighted by Crippen LogP contribution is 2.31. The highest BCUT2D eigenvalue weighted by atomic mass is 35.5. The van der Waals surface area contributed by atoms with E-state index >= 15 is 0 Å². The smallest absolute Gasteiger partial charge is 0.343 e. The van der Waals surface area contributed by atoms with Gasteiger partial charge in [0.25, 0.3) is 5.91 Å². The molecule has 1 amide bonds. The van der Waals surface area contributed by atoms with Crippen molar-refractivity contribution < 1.29 is 18.0 Å². The predicted octanol–water partition coefficient (Wildman–Crippen LogP) is 4.73. The molecule has 0 radical (unpaired) electrons. The summed E-state index contributed by atoms with van der Waals surface area (Å²) in [4.78, 5) is 16.5. The number of carbonyl (C=O) groups is 1. The monoisotopic (exact) mass is 393 g/mol. The number of hydrogen-bond donors (Lipinski definition) is 1. The molecule has 0 saturated heterocycles. The fourth-order valence-corrected chi connectivity index (χ4v) is 2.74. The summed E-state index contributed by atoms with van der Waals surface area (Å²) in [6.45, 7) is 0.237. The van der Waals surface area contributed by atoms with E-state index in [1.54, 1.807) is 47.3 Å². The zero-order valence-electron chi connectivity index (χ0n) is 13.9. The molecule has 0 saturated carbocycles. The van der Waals surface area contributed by atoms with Crippen molar-refractivity contribution >= 4 is 17.5 Å². The number of carbonyl (C=O) groups excluding carboxylic acids is 1. The standard InChI is InChI=1S/C19H15ClF3N3O/c20-16-6-4-13(5-7-16)18(27)25-17(11-26-9-8-24-12-26)14-2-1-3-15(10-14)19(21,22)23/h1-10,12,17H,11H2,(H,25,27). The van der Waals surface area contributed by atoms with Gasteiger partial charge in [-0.25, -0.2) is 4.98 Å². The first-order valence-corrected chi connectivity index (χ1v) is 8.40. The number of hydrogen-bond acceptors (Lipinski definition) is 2. The quantitative estimate of drug-likeness (QED) is 0.681. The van der Waals surface area contributed by atoms with Crippen LogP contribution in [0.1, 0.15) is 27.5 Å². The van der Waals surface area contributed by atoms with E-state index in [0.29, 0.717) is 16.1 Å². The first kappa shape index (κ1) is 19.0. The van der Waals surface area contributed by atoms with Gasteiger partial charge in [0, 0.05) is 29.5 Å². The van der Waals surface area contributed by atoms with Crippen molar-refractivity contribution in [3.05, 3.63) is 89.0 Å². The predicted molar refractivity (Wildman–Crippen MR) is 95.3 cm³/mol. The molecule has 3 rings (SSSR count). The van der Waals surface area contributed by atoms with Gasteiger partial charge >= 0.3 is 6.18 Å². The molecule has 8 heteroatoms. The van der Waals surface area contributed by atoms with Crippen LogP contribution in [-0.2, 0) is 12.7 Å². The topological polar surface area (TPSA) is 46.9 Å². The molecule has 0 fully saturated rings. The number of nitrogens with zero attached hydrogens (tertiary/aromatic N) is 2. The Morgan fingerprint density at radius 3 is 2.56 bits per heavy atom. The van der Waals surface area contributed by atoms with E-state index in [1.165, 1.54) is 12.4 Å². The zero-order chi connectivity index (χ0) is 19.4. The second kappa shape index (κ2) is 7.84. The fraction of sp³-hybridized carbons (Fsp3) is 0.158. The Bertz CT molecular complexity index is 909. The molecule has 0 bridgehead atoms. The van der Waals surface area contributed by atoms with E-state index in [2.05, 4.69) is 10.3 Å². The molecule has 1 aromatic heterocycles. The van der Waals surface area contributed by atoms with Crippen molar-refractivity contribution in [3.63, 3.8) is 0 Å². The van der Waals surface area contributed by atoms with Crippen molar-refractivity contribution in [2.45, 2.75) is 18.8 Å². The average Bonchev–Trinajstić information content (AvgIpc) is 3.14. The van der Waals surface area contributed by atoms with Crippen molar-refractivity contribution in [1.82, 2.24) is 14.9 Å². The Morgan fingerprint density at radius 2 is 1.93 bits per heavy atom. The Morgan fingerprint density at radius 1 is 1.19 bits per heavy atom. The van der Waals surface area contributed by atoms with Gasteiger partial charge in [0.05, 0.1) is 17.9 Å². The van der Waals surface area contributed by atoms with E-state index in [9.17, 15) is 18.0 Å². The number of benzene rings is 2. The van der Waals surface area contributed by atoms with Crippen molar-refractivity contribution in [2.24, 2.45) is 0 Å². The lowest BCUT2D eigenvalue weighted by Gasteiger charge is -2.21. The average molecular weight is 394 g/mol. The molecule has 1 N–H and O–H groups in total. The molecule has 140 valence electrons. The Kier molecular flexibility index (Phi) is 5.51. The molecule has 1 atom stereocenters. The number of nitrogens with one attached hydrogen (secondary N) is 1. The fourth-order valence-electron chi connectivity index (χ4n) is 2.61. The van der Waals surface area contributed by atoms with E-state index in [1.807, 2.05) is 0 Å². The van der Waals surface area contributed by atoms with Gasteiger partial charge in [0.2, 0.25) is 0 Å². The van der Waals surface area contributed by atoms with E-state index in [-0.39, 0.29) is 6.54 Å². The summed E-state index contributed by atoms with van der Waals surface area (Å²) in [5.74, 6) is -0.408. The van der Waals surface area contributed by atoms with Gasteiger partial charge in [-0.05, 0) is 42.0 Å². The van der Waals surface area contributed by atoms with Crippen LogP contribution in [0.2, 0.25) is 5.02 Å². The van der Waals surface area contributed by atoms with Crippen LogP contribution >= 0.6 is 11.6 Å². The van der Waals surface area contributed by atoms with Crippen LogP contribution in [0, 0.1) is 0 Å². The highest BCUT2D eigenvalue weighted by molar-refractivity contribution is 6.30. The molecular formula is C19H15ClF3N3O. The van der Waals surface area contributed by atoms with Crippen molar-refractivity contribution in [2.75, 3.05) is 0 Å². The lowest BCUT2D eigenvalue weighted by molar-refractivity contribution is -0.137. The largest absolute Gasteiger partial charge is 0.416 e. The summed E-state index contributed by atoms with van der Waals surface area (Å²) in [5, 5.41) is 3.27. The SMILES string of the molecule is O=C(NC(Cn1ccnc1)c1cccc(C(F)(F)F)c1)c1ccc(Cl)cc1. The lowest BCUT2D eigenvalue weighted by Crippen LogP contribution is -2.31. The molecular weight excluding hydrogens is 379 g/mol. The summed E-state index contributed by atoms with van der Waals surface area (Å²) in [5.41, 5.74) is -0.0563. The molecule has 4 nitrogen and oxygen atoms in total. The maximum atomic E-state index is 13.1. The van der Waals surface area contributed by atoms with E-state index in [0.717, 1.165) is 12.1 Å². The number of alkyl halides is 3. The van der Waals surface area contributed by atoms with E-state index in [4.69, 9.17) is 11.6 Å². The summed E-state index contributed by atoms with van der Waals surface area (Å²) in [6, 6.07) is 10.5. The minimum Gasteiger partial charge on any atom is -0.343 e. The van der Waals surface area contributed by atoms with Crippen LogP contribution in [0.25, 0.3) is 0 Å². The zero-order valence-corrected chi connectivity index (χ0v) is 14.7. The van der Waals surface area contributed by atoms with Crippen LogP contribution in [-0.4, -0.2) is 15.5 Å². The van der Waals surface area contributed by atoms with Gasteiger partial charge in [-0.3, -0.25) is 4.79 Å². The number of aromatic nitrogens is 2. The van der Waals surface area contributed by atoms with Crippen molar-refractivity contribution in [3.8, 4) is 0 Å². The highest BCUT2D eigenvalue weighted by Gasteiger charge is 2.31. The third-order valence-electron chi connectivity index (χ3n) is 3.98. The molecule has 3 aromatic rings. The second-order valence-corrected chi connectivity index (χ2v) is 6.35. The van der Waals surface area contributed by atoms with Gasteiger partial charge in [-0.1, -0.05) is 23.7 Å². The Balaban J connectivity index is 1.89. The molecule has 0 aliphatic carbocycles. The summed E-state index contributed by atoms with van der Waals surface area (Å²) >= 11 is 5.82. The Hall–Kier alpha value is -2.80. The Labute approximate surface area is 158 Å². The van der Waals surface area contributed by atoms with Gasteiger partial charge in [-0.2, -0.15) is 13.2 Å². The molecule has 1 heterocycles. The second-order valence-electron chi connectivity index (χ2n) is 5.92. The minimum atomic E-state index is -4.46. The first-order chi connectivity index (χ1) is 12.8. The van der Waals surface area contributed by atoms with E-state index < -0.39 is 23.7 Å². The third-order valence-corrected chi connectivity index (χ3v) is 4.23. The molecule has 0 spiro atoms. The van der Waals surface area contributed by atoms with Crippen LogP contribution in [0.3, 0.4) is 0 Å². The first-order valence-electron chi connectivity index (χ1n) is 8.02. The molecule has 0 aliphatic heterocycles. The van der Waals surface area contributed by atoms with Crippen LogP contribution in [0.15, 0.2) is 67.3 Å². The van der Waals surface area contributed by atoms with Gasteiger partial charge in [-0.15, -0.1) is 0 Å². The van der Waals surface area contributed by atoms with Crippen LogP contribution in [0.5, 0.6) is 0 Å². The van der Waals surface area contributed by atoms with Gasteiger partial charge in [0.1, 0.15) is 0 Å². The minimum absolute atomic E-state index is 0.237. The summed E-state index contributed by atoms with van der Waals surface area (Å²) in [7, 11) is 0. The lowest BCUT2D eigenvalue weighted by atomic mass is 10.0.